The third-order valence-electron chi connectivity index (χ3n) is 2.47. The standard InChI is InChI=1S/C13H11FO3S/c1-8-12(4-5-17-8)18-7-9-2-3-10(13(15)16)11(14)6-9/h2-6H,7H2,1H3,(H,15,16). The molecule has 2 aromatic rings. The summed E-state index contributed by atoms with van der Waals surface area (Å²) in [6.07, 6.45) is 1.60. The lowest BCUT2D eigenvalue weighted by Gasteiger charge is -2.03. The van der Waals surface area contributed by atoms with Crippen molar-refractivity contribution in [3.05, 3.63) is 53.2 Å². The molecule has 0 atom stereocenters. The zero-order valence-corrected chi connectivity index (χ0v) is 10.5. The van der Waals surface area contributed by atoms with Crippen LogP contribution >= 0.6 is 11.8 Å². The Morgan fingerprint density at radius 3 is 2.78 bits per heavy atom. The highest BCUT2D eigenvalue weighted by molar-refractivity contribution is 7.98. The maximum atomic E-state index is 13.4. The van der Waals surface area contributed by atoms with Gasteiger partial charge in [-0.1, -0.05) is 6.07 Å². The number of aryl methyl sites for hydroxylation is 1. The molecule has 0 saturated heterocycles. The first-order chi connectivity index (χ1) is 8.58. The molecule has 3 nitrogen and oxygen atoms in total. The van der Waals surface area contributed by atoms with Gasteiger partial charge in [0.15, 0.2) is 0 Å². The topological polar surface area (TPSA) is 50.4 Å². The number of rotatable bonds is 4. The van der Waals surface area contributed by atoms with E-state index in [0.29, 0.717) is 5.75 Å². The SMILES string of the molecule is Cc1occc1SCc1ccc(C(=O)O)c(F)c1. The minimum absolute atomic E-state index is 0.303. The van der Waals surface area contributed by atoms with Crippen molar-refractivity contribution in [3.8, 4) is 0 Å². The van der Waals surface area contributed by atoms with Gasteiger partial charge in [-0.2, -0.15) is 0 Å². The molecule has 0 spiro atoms. The maximum absolute atomic E-state index is 13.4. The van der Waals surface area contributed by atoms with Crippen molar-refractivity contribution in [1.82, 2.24) is 0 Å². The molecular formula is C13H11FO3S. The Morgan fingerprint density at radius 2 is 2.22 bits per heavy atom. The summed E-state index contributed by atoms with van der Waals surface area (Å²) >= 11 is 1.52. The molecule has 2 rings (SSSR count). The first-order valence-corrected chi connectivity index (χ1v) is 6.25. The molecule has 18 heavy (non-hydrogen) atoms. The van der Waals surface area contributed by atoms with Gasteiger partial charge in [0, 0.05) is 10.6 Å². The lowest BCUT2D eigenvalue weighted by Crippen LogP contribution is -2.00. The molecule has 5 heteroatoms. The van der Waals surface area contributed by atoms with Crippen LogP contribution in [0.1, 0.15) is 21.7 Å². The van der Waals surface area contributed by atoms with Crippen LogP contribution in [0, 0.1) is 12.7 Å². The van der Waals surface area contributed by atoms with Crippen molar-refractivity contribution in [1.29, 1.82) is 0 Å². The number of carboxylic acid groups (broad SMARTS) is 1. The highest BCUT2D eigenvalue weighted by atomic mass is 32.2. The third-order valence-corrected chi connectivity index (χ3v) is 3.68. The van der Waals surface area contributed by atoms with E-state index in [4.69, 9.17) is 9.52 Å². The molecular weight excluding hydrogens is 255 g/mol. The van der Waals surface area contributed by atoms with Crippen molar-refractivity contribution in [2.45, 2.75) is 17.6 Å². The number of halogens is 1. The smallest absolute Gasteiger partial charge is 0.338 e. The van der Waals surface area contributed by atoms with Gasteiger partial charge < -0.3 is 9.52 Å². The Hall–Kier alpha value is -1.75. The fourth-order valence-corrected chi connectivity index (χ4v) is 2.41. The number of benzene rings is 1. The third kappa shape index (κ3) is 2.73. The quantitative estimate of drug-likeness (QED) is 0.857. The van der Waals surface area contributed by atoms with E-state index in [1.807, 2.05) is 13.0 Å². The lowest BCUT2D eigenvalue weighted by molar-refractivity contribution is 0.0692. The minimum atomic E-state index is -1.25. The van der Waals surface area contributed by atoms with Crippen molar-refractivity contribution in [2.75, 3.05) is 0 Å². The Labute approximate surface area is 108 Å². The predicted molar refractivity (Wildman–Crippen MR) is 66.4 cm³/mol. The van der Waals surface area contributed by atoms with Crippen LogP contribution in [0.25, 0.3) is 0 Å². The van der Waals surface area contributed by atoms with E-state index in [-0.39, 0.29) is 5.56 Å². The largest absolute Gasteiger partial charge is 0.478 e. The second kappa shape index (κ2) is 5.27. The number of hydrogen-bond acceptors (Lipinski definition) is 3. The molecule has 0 unspecified atom stereocenters. The van der Waals surface area contributed by atoms with Crippen LogP contribution in [0.3, 0.4) is 0 Å². The molecule has 0 bridgehead atoms. The van der Waals surface area contributed by atoms with Gasteiger partial charge in [0.25, 0.3) is 0 Å². The monoisotopic (exact) mass is 266 g/mol. The van der Waals surface area contributed by atoms with E-state index in [9.17, 15) is 9.18 Å². The summed E-state index contributed by atoms with van der Waals surface area (Å²) in [5, 5.41) is 8.72. The Kier molecular flexibility index (Phi) is 3.72. The van der Waals surface area contributed by atoms with E-state index < -0.39 is 11.8 Å². The Morgan fingerprint density at radius 1 is 1.44 bits per heavy atom. The van der Waals surface area contributed by atoms with Crippen LogP contribution in [-0.4, -0.2) is 11.1 Å². The highest BCUT2D eigenvalue weighted by Crippen LogP contribution is 2.27. The molecule has 0 aliphatic rings. The van der Waals surface area contributed by atoms with Gasteiger partial charge in [-0.15, -0.1) is 11.8 Å². The second-order valence-corrected chi connectivity index (χ2v) is 4.77. The van der Waals surface area contributed by atoms with Crippen molar-refractivity contribution in [3.63, 3.8) is 0 Å². The molecule has 94 valence electrons. The fourth-order valence-electron chi connectivity index (χ4n) is 1.51. The number of thioether (sulfide) groups is 1. The molecule has 1 N–H and O–H groups in total. The normalized spacial score (nSPS) is 10.6. The minimum Gasteiger partial charge on any atom is -0.478 e. The Balaban J connectivity index is 2.09. The first-order valence-electron chi connectivity index (χ1n) is 5.26. The van der Waals surface area contributed by atoms with Gasteiger partial charge in [-0.05, 0) is 30.7 Å². The van der Waals surface area contributed by atoms with Gasteiger partial charge in [0.1, 0.15) is 11.6 Å². The number of furan rings is 1. The van der Waals surface area contributed by atoms with Gasteiger partial charge in [-0.3, -0.25) is 0 Å². The molecule has 1 aromatic heterocycles. The van der Waals surface area contributed by atoms with Gasteiger partial charge in [0.2, 0.25) is 0 Å². The van der Waals surface area contributed by atoms with Crippen LogP contribution in [0.15, 0.2) is 39.8 Å². The van der Waals surface area contributed by atoms with E-state index >= 15 is 0 Å². The average Bonchev–Trinajstić information content (AvgIpc) is 2.72. The summed E-state index contributed by atoms with van der Waals surface area (Å²) in [5.74, 6) is -0.568. The number of carboxylic acids is 1. The van der Waals surface area contributed by atoms with Crippen molar-refractivity contribution < 1.29 is 18.7 Å². The van der Waals surface area contributed by atoms with Crippen LogP contribution in [-0.2, 0) is 5.75 Å². The van der Waals surface area contributed by atoms with Crippen LogP contribution in [0.4, 0.5) is 4.39 Å². The molecule has 0 aliphatic heterocycles. The molecule has 0 fully saturated rings. The van der Waals surface area contributed by atoms with Crippen molar-refractivity contribution >= 4 is 17.7 Å². The zero-order chi connectivity index (χ0) is 13.1. The Bertz CT molecular complexity index is 577. The molecule has 1 aromatic carbocycles. The summed E-state index contributed by atoms with van der Waals surface area (Å²) < 4.78 is 18.6. The van der Waals surface area contributed by atoms with Crippen molar-refractivity contribution in [2.24, 2.45) is 0 Å². The van der Waals surface area contributed by atoms with E-state index in [1.54, 1.807) is 12.3 Å². The van der Waals surface area contributed by atoms with Gasteiger partial charge in [0.05, 0.1) is 11.8 Å². The van der Waals surface area contributed by atoms with Crippen LogP contribution < -0.4 is 0 Å². The summed E-state index contributed by atoms with van der Waals surface area (Å²) in [4.78, 5) is 11.7. The lowest BCUT2D eigenvalue weighted by atomic mass is 10.1. The molecule has 0 radical (unpaired) electrons. The van der Waals surface area contributed by atoms with Crippen LogP contribution in [0.2, 0.25) is 0 Å². The molecule has 0 amide bonds. The predicted octanol–water partition coefficient (Wildman–Crippen LogP) is 3.72. The number of hydrogen-bond donors (Lipinski definition) is 1. The molecule has 0 aliphatic carbocycles. The highest BCUT2D eigenvalue weighted by Gasteiger charge is 2.10. The fraction of sp³-hybridized carbons (Fsp3) is 0.154. The number of carbonyl (C=O) groups is 1. The second-order valence-electron chi connectivity index (χ2n) is 3.75. The summed E-state index contributed by atoms with van der Waals surface area (Å²) in [7, 11) is 0. The average molecular weight is 266 g/mol. The zero-order valence-electron chi connectivity index (χ0n) is 9.64. The van der Waals surface area contributed by atoms with E-state index in [2.05, 4.69) is 0 Å². The van der Waals surface area contributed by atoms with E-state index in [0.717, 1.165) is 16.2 Å². The summed E-state index contributed by atoms with van der Waals surface area (Å²) in [6.45, 7) is 1.86. The maximum Gasteiger partial charge on any atom is 0.338 e. The first kappa shape index (κ1) is 12.7. The van der Waals surface area contributed by atoms with Gasteiger partial charge in [-0.25, -0.2) is 9.18 Å². The van der Waals surface area contributed by atoms with E-state index in [1.165, 1.54) is 23.9 Å². The summed E-state index contributed by atoms with van der Waals surface area (Å²) in [5.41, 5.74) is 0.436. The van der Waals surface area contributed by atoms with Crippen LogP contribution in [0.5, 0.6) is 0 Å². The summed E-state index contributed by atoms with van der Waals surface area (Å²) in [6, 6.07) is 6.01. The molecule has 0 saturated carbocycles. The molecule has 1 heterocycles. The van der Waals surface area contributed by atoms with Gasteiger partial charge >= 0.3 is 5.97 Å². The number of aromatic carboxylic acids is 1.